The smallest absolute Gasteiger partial charge is 0.384 e. The topological polar surface area (TPSA) is 20.2 Å². The van der Waals surface area contributed by atoms with Crippen molar-refractivity contribution in [2.75, 3.05) is 0 Å². The van der Waals surface area contributed by atoms with Gasteiger partial charge in [-0.25, -0.2) is 0 Å². The Bertz CT molecular complexity index is 623. The Kier molecular flexibility index (Phi) is 4.20. The second kappa shape index (κ2) is 5.58. The molecule has 5 heteroatoms. The molecule has 2 rings (SSSR count). The van der Waals surface area contributed by atoms with E-state index >= 15 is 0 Å². The molecule has 106 valence electrons. The SMILES string of the molecule is Cc1cc(C(F)(F)F)ccc1C(O)c1cccc(Br)c1. The Morgan fingerprint density at radius 1 is 1.10 bits per heavy atom. The molecular weight excluding hydrogens is 333 g/mol. The first kappa shape index (κ1) is 15.1. The number of aryl methyl sites for hydroxylation is 1. The van der Waals surface area contributed by atoms with E-state index in [1.165, 1.54) is 6.07 Å². The lowest BCUT2D eigenvalue weighted by atomic mass is 9.96. The Labute approximate surface area is 123 Å². The summed E-state index contributed by atoms with van der Waals surface area (Å²) < 4.78 is 38.6. The van der Waals surface area contributed by atoms with Crippen LogP contribution in [0.4, 0.5) is 13.2 Å². The van der Waals surface area contributed by atoms with Gasteiger partial charge in [-0.05, 0) is 47.9 Å². The van der Waals surface area contributed by atoms with Gasteiger partial charge in [-0.15, -0.1) is 0 Å². The monoisotopic (exact) mass is 344 g/mol. The van der Waals surface area contributed by atoms with Crippen molar-refractivity contribution in [1.29, 1.82) is 0 Å². The van der Waals surface area contributed by atoms with Gasteiger partial charge >= 0.3 is 6.18 Å². The lowest BCUT2D eigenvalue weighted by molar-refractivity contribution is -0.137. The zero-order valence-corrected chi connectivity index (χ0v) is 12.2. The molecule has 0 fully saturated rings. The molecule has 0 aliphatic heterocycles. The zero-order valence-electron chi connectivity index (χ0n) is 10.6. The molecule has 0 aromatic heterocycles. The molecule has 0 saturated heterocycles. The summed E-state index contributed by atoms with van der Waals surface area (Å²) in [5, 5.41) is 10.3. The minimum absolute atomic E-state index is 0.410. The van der Waals surface area contributed by atoms with Crippen molar-refractivity contribution < 1.29 is 18.3 Å². The van der Waals surface area contributed by atoms with Crippen LogP contribution in [0.2, 0.25) is 0 Å². The first-order valence-electron chi connectivity index (χ1n) is 5.90. The number of alkyl halides is 3. The van der Waals surface area contributed by atoms with Crippen LogP contribution in [0.1, 0.15) is 28.4 Å². The van der Waals surface area contributed by atoms with Gasteiger partial charge in [0.2, 0.25) is 0 Å². The lowest BCUT2D eigenvalue weighted by Crippen LogP contribution is -2.08. The first-order chi connectivity index (χ1) is 9.29. The van der Waals surface area contributed by atoms with Gasteiger partial charge in [0.1, 0.15) is 6.10 Å². The maximum Gasteiger partial charge on any atom is 0.416 e. The average molecular weight is 345 g/mol. The molecule has 20 heavy (non-hydrogen) atoms. The highest BCUT2D eigenvalue weighted by Crippen LogP contribution is 2.33. The van der Waals surface area contributed by atoms with Crippen molar-refractivity contribution in [2.45, 2.75) is 19.2 Å². The summed E-state index contributed by atoms with van der Waals surface area (Å²) in [6.45, 7) is 1.56. The summed E-state index contributed by atoms with van der Waals surface area (Å²) in [4.78, 5) is 0. The van der Waals surface area contributed by atoms with Gasteiger partial charge in [-0.3, -0.25) is 0 Å². The quantitative estimate of drug-likeness (QED) is 0.824. The van der Waals surface area contributed by atoms with E-state index in [1.54, 1.807) is 25.1 Å². The third-order valence-corrected chi connectivity index (χ3v) is 3.55. The summed E-state index contributed by atoms with van der Waals surface area (Å²) in [7, 11) is 0. The molecule has 2 aromatic carbocycles. The van der Waals surface area contributed by atoms with Crippen LogP contribution in [0.25, 0.3) is 0 Å². The van der Waals surface area contributed by atoms with E-state index in [0.717, 1.165) is 16.6 Å². The maximum absolute atomic E-state index is 12.6. The van der Waals surface area contributed by atoms with Crippen LogP contribution in [0.15, 0.2) is 46.9 Å². The van der Waals surface area contributed by atoms with Gasteiger partial charge in [0.15, 0.2) is 0 Å². The fourth-order valence-corrected chi connectivity index (χ4v) is 2.43. The molecule has 0 amide bonds. The van der Waals surface area contributed by atoms with Gasteiger partial charge < -0.3 is 5.11 Å². The van der Waals surface area contributed by atoms with E-state index in [2.05, 4.69) is 15.9 Å². The predicted molar refractivity (Wildman–Crippen MR) is 74.4 cm³/mol. The number of hydrogen-bond acceptors (Lipinski definition) is 1. The Morgan fingerprint density at radius 2 is 1.80 bits per heavy atom. The number of benzene rings is 2. The highest BCUT2D eigenvalue weighted by Gasteiger charge is 2.31. The summed E-state index contributed by atoms with van der Waals surface area (Å²) >= 11 is 3.30. The molecule has 1 unspecified atom stereocenters. The molecular formula is C15H12BrF3O. The van der Waals surface area contributed by atoms with Gasteiger partial charge in [0.05, 0.1) is 5.56 Å². The largest absolute Gasteiger partial charge is 0.416 e. The van der Waals surface area contributed by atoms with E-state index in [-0.39, 0.29) is 0 Å². The van der Waals surface area contributed by atoms with Gasteiger partial charge in [-0.1, -0.05) is 34.1 Å². The summed E-state index contributed by atoms with van der Waals surface area (Å²) in [6.07, 6.45) is -5.32. The molecule has 1 nitrogen and oxygen atoms in total. The first-order valence-corrected chi connectivity index (χ1v) is 6.69. The van der Waals surface area contributed by atoms with Crippen LogP contribution in [0.5, 0.6) is 0 Å². The van der Waals surface area contributed by atoms with Crippen molar-refractivity contribution in [3.63, 3.8) is 0 Å². The number of halogens is 4. The van der Waals surface area contributed by atoms with E-state index < -0.39 is 17.8 Å². The van der Waals surface area contributed by atoms with Crippen molar-refractivity contribution in [1.82, 2.24) is 0 Å². The van der Waals surface area contributed by atoms with Gasteiger partial charge in [0, 0.05) is 4.47 Å². The lowest BCUT2D eigenvalue weighted by Gasteiger charge is -2.16. The molecule has 0 aliphatic rings. The van der Waals surface area contributed by atoms with Crippen molar-refractivity contribution >= 4 is 15.9 Å². The fraction of sp³-hybridized carbons (Fsp3) is 0.200. The zero-order chi connectivity index (χ0) is 14.9. The molecule has 0 aliphatic carbocycles. The minimum Gasteiger partial charge on any atom is -0.384 e. The van der Waals surface area contributed by atoms with E-state index in [9.17, 15) is 18.3 Å². The van der Waals surface area contributed by atoms with Crippen molar-refractivity contribution in [3.05, 3.63) is 69.2 Å². The predicted octanol–water partition coefficient (Wildman–Crippen LogP) is 4.86. The highest BCUT2D eigenvalue weighted by atomic mass is 79.9. The summed E-state index contributed by atoms with van der Waals surface area (Å²) in [6, 6.07) is 10.4. The van der Waals surface area contributed by atoms with E-state index in [0.29, 0.717) is 16.7 Å². The number of hydrogen-bond donors (Lipinski definition) is 1. The van der Waals surface area contributed by atoms with Crippen LogP contribution in [-0.4, -0.2) is 5.11 Å². The standard InChI is InChI=1S/C15H12BrF3O/c1-9-7-11(15(17,18)19)5-6-13(9)14(20)10-3-2-4-12(16)8-10/h2-8,14,20H,1H3. The van der Waals surface area contributed by atoms with Crippen LogP contribution >= 0.6 is 15.9 Å². The fourth-order valence-electron chi connectivity index (χ4n) is 2.02. The van der Waals surface area contributed by atoms with Crippen LogP contribution in [0.3, 0.4) is 0 Å². The number of aliphatic hydroxyl groups is 1. The third-order valence-electron chi connectivity index (χ3n) is 3.06. The molecule has 0 heterocycles. The number of aliphatic hydroxyl groups excluding tert-OH is 1. The highest BCUT2D eigenvalue weighted by molar-refractivity contribution is 9.10. The van der Waals surface area contributed by atoms with Crippen molar-refractivity contribution in [3.8, 4) is 0 Å². The molecule has 0 spiro atoms. The average Bonchev–Trinajstić information content (AvgIpc) is 2.36. The normalized spacial score (nSPS) is 13.3. The summed E-state index contributed by atoms with van der Waals surface area (Å²) in [5.41, 5.74) is 0.797. The summed E-state index contributed by atoms with van der Waals surface area (Å²) in [5.74, 6) is 0. The Morgan fingerprint density at radius 3 is 2.35 bits per heavy atom. The molecule has 0 bridgehead atoms. The van der Waals surface area contributed by atoms with E-state index in [4.69, 9.17) is 0 Å². The van der Waals surface area contributed by atoms with Crippen molar-refractivity contribution in [2.24, 2.45) is 0 Å². The molecule has 2 aromatic rings. The minimum atomic E-state index is -4.37. The molecule has 1 atom stereocenters. The molecule has 0 radical (unpaired) electrons. The van der Waals surface area contributed by atoms with Crippen LogP contribution < -0.4 is 0 Å². The maximum atomic E-state index is 12.6. The Hall–Kier alpha value is -1.33. The van der Waals surface area contributed by atoms with Crippen LogP contribution in [0, 0.1) is 6.92 Å². The van der Waals surface area contributed by atoms with Gasteiger partial charge in [0.25, 0.3) is 0 Å². The third kappa shape index (κ3) is 3.22. The van der Waals surface area contributed by atoms with Gasteiger partial charge in [-0.2, -0.15) is 13.2 Å². The van der Waals surface area contributed by atoms with E-state index in [1.807, 2.05) is 6.07 Å². The number of rotatable bonds is 2. The molecule has 0 saturated carbocycles. The second-order valence-electron chi connectivity index (χ2n) is 4.53. The Balaban J connectivity index is 2.38. The van der Waals surface area contributed by atoms with Crippen LogP contribution in [-0.2, 0) is 6.18 Å². The molecule has 1 N–H and O–H groups in total. The second-order valence-corrected chi connectivity index (χ2v) is 5.44.